The second-order valence-electron chi connectivity index (χ2n) is 5.62. The highest BCUT2D eigenvalue weighted by atomic mass is 35.5. The maximum atomic E-state index is 6.24. The Bertz CT molecular complexity index is 654. The first-order valence-corrected chi connectivity index (χ1v) is 7.73. The van der Waals surface area contributed by atoms with Gasteiger partial charge in [0.15, 0.2) is 0 Å². The van der Waals surface area contributed by atoms with Crippen molar-refractivity contribution in [2.75, 3.05) is 7.05 Å². The molecule has 2 aromatic rings. The van der Waals surface area contributed by atoms with Gasteiger partial charge in [-0.3, -0.25) is 0 Å². The van der Waals surface area contributed by atoms with Crippen LogP contribution < -0.4 is 10.1 Å². The molecule has 0 amide bonds. The van der Waals surface area contributed by atoms with E-state index in [1.165, 1.54) is 23.1 Å². The first kappa shape index (κ1) is 14.4. The molecule has 2 aromatic carbocycles. The molecule has 0 fully saturated rings. The summed E-state index contributed by atoms with van der Waals surface area (Å²) in [6.07, 6.45) is 2.28. The van der Waals surface area contributed by atoms with E-state index >= 15 is 0 Å². The molecule has 0 saturated carbocycles. The fourth-order valence-corrected chi connectivity index (χ4v) is 3.20. The Hall–Kier alpha value is -1.51. The summed E-state index contributed by atoms with van der Waals surface area (Å²) in [5.74, 6) is 0.919. The zero-order valence-electron chi connectivity index (χ0n) is 12.4. The highest BCUT2D eigenvalue weighted by Gasteiger charge is 2.21. The lowest BCUT2D eigenvalue weighted by molar-refractivity contribution is 0.306. The number of nitrogens with one attached hydrogen (secondary N) is 1. The van der Waals surface area contributed by atoms with Crippen LogP contribution in [0.4, 0.5) is 0 Å². The summed E-state index contributed by atoms with van der Waals surface area (Å²) in [6.45, 7) is 2.54. The molecule has 2 nitrogen and oxygen atoms in total. The summed E-state index contributed by atoms with van der Waals surface area (Å²) in [7, 11) is 2.02. The third-order valence-corrected chi connectivity index (χ3v) is 4.50. The smallest absolute Gasteiger partial charge is 0.120 e. The molecule has 0 aromatic heterocycles. The van der Waals surface area contributed by atoms with Crippen LogP contribution in [0.5, 0.6) is 5.75 Å². The Morgan fingerprint density at radius 1 is 1.24 bits per heavy atom. The lowest BCUT2D eigenvalue weighted by Crippen LogP contribution is -2.12. The first-order valence-electron chi connectivity index (χ1n) is 7.35. The normalized spacial score (nSPS) is 16.8. The number of fused-ring (bicyclic) bond motifs is 1. The molecular weight excluding hydrogens is 282 g/mol. The molecule has 1 aliphatic carbocycles. The van der Waals surface area contributed by atoms with Crippen molar-refractivity contribution in [3.05, 3.63) is 63.7 Å². The SMILES string of the molecule is CNC1CCc2cc(OCc3ccc(C)cc3Cl)ccc21. The van der Waals surface area contributed by atoms with Crippen LogP contribution in [0.3, 0.4) is 0 Å². The molecule has 1 atom stereocenters. The lowest BCUT2D eigenvalue weighted by atomic mass is 10.1. The van der Waals surface area contributed by atoms with E-state index in [1.54, 1.807) is 0 Å². The standard InChI is InChI=1S/C18H20ClNO/c1-12-3-4-14(17(19)9-12)11-21-15-6-7-16-13(10-15)5-8-18(16)20-2/h3-4,6-7,9-10,18,20H,5,8,11H2,1-2H3. The van der Waals surface area contributed by atoms with Crippen LogP contribution in [-0.2, 0) is 13.0 Å². The van der Waals surface area contributed by atoms with Gasteiger partial charge in [-0.1, -0.05) is 29.8 Å². The Morgan fingerprint density at radius 2 is 2.10 bits per heavy atom. The van der Waals surface area contributed by atoms with Crippen molar-refractivity contribution >= 4 is 11.6 Å². The van der Waals surface area contributed by atoms with Crippen molar-refractivity contribution < 1.29 is 4.74 Å². The number of hydrogen-bond donors (Lipinski definition) is 1. The molecule has 3 heteroatoms. The van der Waals surface area contributed by atoms with E-state index in [0.717, 1.165) is 22.8 Å². The van der Waals surface area contributed by atoms with E-state index in [4.69, 9.17) is 16.3 Å². The minimum atomic E-state index is 0.487. The summed E-state index contributed by atoms with van der Waals surface area (Å²) in [5, 5.41) is 4.12. The Labute approximate surface area is 131 Å². The summed E-state index contributed by atoms with van der Waals surface area (Å²) in [4.78, 5) is 0. The Kier molecular flexibility index (Phi) is 4.18. The van der Waals surface area contributed by atoms with E-state index in [1.807, 2.05) is 26.1 Å². The summed E-state index contributed by atoms with van der Waals surface area (Å²) in [5.41, 5.74) is 4.98. The summed E-state index contributed by atoms with van der Waals surface area (Å²) < 4.78 is 5.90. The molecular formula is C18H20ClNO. The number of hydrogen-bond acceptors (Lipinski definition) is 2. The number of rotatable bonds is 4. The fraction of sp³-hybridized carbons (Fsp3) is 0.333. The van der Waals surface area contributed by atoms with Gasteiger partial charge in [0.2, 0.25) is 0 Å². The largest absolute Gasteiger partial charge is 0.489 e. The quantitative estimate of drug-likeness (QED) is 0.902. The van der Waals surface area contributed by atoms with Crippen molar-refractivity contribution in [3.63, 3.8) is 0 Å². The van der Waals surface area contributed by atoms with Gasteiger partial charge in [0, 0.05) is 16.6 Å². The van der Waals surface area contributed by atoms with Crippen molar-refractivity contribution in [1.29, 1.82) is 0 Å². The van der Waals surface area contributed by atoms with Crippen LogP contribution in [-0.4, -0.2) is 7.05 Å². The third kappa shape index (κ3) is 3.07. The molecule has 1 N–H and O–H groups in total. The van der Waals surface area contributed by atoms with Crippen molar-refractivity contribution in [2.45, 2.75) is 32.4 Å². The van der Waals surface area contributed by atoms with Gasteiger partial charge in [-0.2, -0.15) is 0 Å². The molecule has 110 valence electrons. The van der Waals surface area contributed by atoms with Crippen LogP contribution >= 0.6 is 11.6 Å². The topological polar surface area (TPSA) is 21.3 Å². The van der Waals surface area contributed by atoms with Crippen LogP contribution in [0.25, 0.3) is 0 Å². The van der Waals surface area contributed by atoms with Gasteiger partial charge in [-0.15, -0.1) is 0 Å². The van der Waals surface area contributed by atoms with Gasteiger partial charge < -0.3 is 10.1 Å². The van der Waals surface area contributed by atoms with E-state index in [2.05, 4.69) is 29.6 Å². The van der Waals surface area contributed by atoms with Crippen LogP contribution in [0.15, 0.2) is 36.4 Å². The molecule has 0 bridgehead atoms. The van der Waals surface area contributed by atoms with E-state index in [0.29, 0.717) is 12.6 Å². The van der Waals surface area contributed by atoms with Gasteiger partial charge in [0.1, 0.15) is 12.4 Å². The van der Waals surface area contributed by atoms with Crippen molar-refractivity contribution in [2.24, 2.45) is 0 Å². The predicted octanol–water partition coefficient (Wildman–Crippen LogP) is 4.43. The molecule has 21 heavy (non-hydrogen) atoms. The summed E-state index contributed by atoms with van der Waals surface area (Å²) >= 11 is 6.24. The molecule has 1 unspecified atom stereocenters. The monoisotopic (exact) mass is 301 g/mol. The Morgan fingerprint density at radius 3 is 2.86 bits per heavy atom. The van der Waals surface area contributed by atoms with Crippen LogP contribution in [0.2, 0.25) is 5.02 Å². The number of ether oxygens (including phenoxy) is 1. The van der Waals surface area contributed by atoms with Gasteiger partial charge in [0.05, 0.1) is 0 Å². The average Bonchev–Trinajstić information content (AvgIpc) is 2.88. The second kappa shape index (κ2) is 6.08. The summed E-state index contributed by atoms with van der Waals surface area (Å²) in [6, 6.07) is 12.9. The molecule has 3 rings (SSSR count). The molecule has 0 aliphatic heterocycles. The highest BCUT2D eigenvalue weighted by Crippen LogP contribution is 2.33. The molecule has 1 aliphatic rings. The van der Waals surface area contributed by atoms with E-state index in [9.17, 15) is 0 Å². The minimum Gasteiger partial charge on any atom is -0.489 e. The predicted molar refractivity (Wildman–Crippen MR) is 87.1 cm³/mol. The highest BCUT2D eigenvalue weighted by molar-refractivity contribution is 6.31. The van der Waals surface area contributed by atoms with Crippen LogP contribution in [0, 0.1) is 6.92 Å². The third-order valence-electron chi connectivity index (χ3n) is 4.14. The number of aryl methyl sites for hydroxylation is 2. The second-order valence-corrected chi connectivity index (χ2v) is 6.03. The Balaban J connectivity index is 1.72. The van der Waals surface area contributed by atoms with E-state index in [-0.39, 0.29) is 0 Å². The van der Waals surface area contributed by atoms with Crippen LogP contribution in [0.1, 0.15) is 34.7 Å². The lowest BCUT2D eigenvalue weighted by Gasteiger charge is -2.12. The maximum Gasteiger partial charge on any atom is 0.120 e. The van der Waals surface area contributed by atoms with Crippen molar-refractivity contribution in [3.8, 4) is 5.75 Å². The minimum absolute atomic E-state index is 0.487. The fourth-order valence-electron chi connectivity index (χ4n) is 2.91. The zero-order valence-corrected chi connectivity index (χ0v) is 13.2. The van der Waals surface area contributed by atoms with Gasteiger partial charge >= 0.3 is 0 Å². The maximum absolute atomic E-state index is 6.24. The van der Waals surface area contributed by atoms with Gasteiger partial charge in [-0.05, 0) is 61.7 Å². The van der Waals surface area contributed by atoms with E-state index < -0.39 is 0 Å². The average molecular weight is 302 g/mol. The molecule has 0 spiro atoms. The molecule has 0 heterocycles. The number of benzene rings is 2. The van der Waals surface area contributed by atoms with Gasteiger partial charge in [-0.25, -0.2) is 0 Å². The molecule has 0 saturated heterocycles. The first-order chi connectivity index (χ1) is 10.2. The van der Waals surface area contributed by atoms with Crippen molar-refractivity contribution in [1.82, 2.24) is 5.32 Å². The zero-order chi connectivity index (χ0) is 14.8. The molecule has 0 radical (unpaired) electrons. The number of halogens is 1. The van der Waals surface area contributed by atoms with Gasteiger partial charge in [0.25, 0.3) is 0 Å².